The third-order valence-corrected chi connectivity index (χ3v) is 4.10. The molecule has 0 bridgehead atoms. The number of nitrogens with zero attached hydrogens (tertiary/aromatic N) is 3. The minimum Gasteiger partial charge on any atom is -0.467 e. The number of hydrogen-bond donors (Lipinski definition) is 1. The number of nitrogens with one attached hydrogen (secondary N) is 1. The zero-order valence-electron chi connectivity index (χ0n) is 9.65. The molecule has 0 radical (unpaired) electrons. The lowest BCUT2D eigenvalue weighted by Gasteiger charge is -2.21. The summed E-state index contributed by atoms with van der Waals surface area (Å²) < 4.78 is 4.94. The molecule has 0 saturated carbocycles. The first kappa shape index (κ1) is 12.7. The van der Waals surface area contributed by atoms with Gasteiger partial charge in [0.2, 0.25) is 11.2 Å². The van der Waals surface area contributed by atoms with E-state index in [2.05, 4.69) is 20.3 Å². The van der Waals surface area contributed by atoms with Gasteiger partial charge in [0, 0.05) is 11.8 Å². The number of thioether (sulfide) groups is 1. The first-order chi connectivity index (χ1) is 8.28. The summed E-state index contributed by atoms with van der Waals surface area (Å²) in [5, 5.41) is 3.96. The van der Waals surface area contributed by atoms with Crippen molar-refractivity contribution in [1.82, 2.24) is 15.0 Å². The molecule has 1 aliphatic rings. The normalized spacial score (nSPS) is 20.0. The first-order valence-corrected chi connectivity index (χ1v) is 7.01. The summed E-state index contributed by atoms with van der Waals surface area (Å²) in [7, 11) is 1.51. The molecule has 1 saturated heterocycles. The van der Waals surface area contributed by atoms with Crippen molar-refractivity contribution < 1.29 is 4.74 Å². The summed E-state index contributed by atoms with van der Waals surface area (Å²) in [4.78, 5) is 11.9. The molecular weight excluding hydrogens is 260 g/mol. The van der Waals surface area contributed by atoms with Crippen LogP contribution in [0.25, 0.3) is 0 Å². The minimum absolute atomic E-state index is 0.149. The fraction of sp³-hybridized carbons (Fsp3) is 0.700. The maximum Gasteiger partial charge on any atom is 0.322 e. The van der Waals surface area contributed by atoms with Crippen LogP contribution in [0.3, 0.4) is 0 Å². The Morgan fingerprint density at radius 2 is 2.29 bits per heavy atom. The summed E-state index contributed by atoms with van der Waals surface area (Å²) in [6.07, 6.45) is 3.88. The van der Waals surface area contributed by atoms with Crippen LogP contribution < -0.4 is 10.1 Å². The van der Waals surface area contributed by atoms with Crippen LogP contribution in [0.4, 0.5) is 5.95 Å². The number of ether oxygens (including phenoxy) is 1. The minimum atomic E-state index is 0.149. The van der Waals surface area contributed by atoms with Crippen molar-refractivity contribution in [3.63, 3.8) is 0 Å². The summed E-state index contributed by atoms with van der Waals surface area (Å²) >= 11 is 7.76. The van der Waals surface area contributed by atoms with Gasteiger partial charge < -0.3 is 10.1 Å². The van der Waals surface area contributed by atoms with Gasteiger partial charge >= 0.3 is 6.01 Å². The number of halogens is 1. The van der Waals surface area contributed by atoms with Gasteiger partial charge in [-0.1, -0.05) is 6.42 Å². The van der Waals surface area contributed by atoms with E-state index in [0.29, 0.717) is 11.2 Å². The second-order valence-corrected chi connectivity index (χ2v) is 5.53. The van der Waals surface area contributed by atoms with Crippen LogP contribution in [0.15, 0.2) is 0 Å². The van der Waals surface area contributed by atoms with E-state index in [1.54, 1.807) is 0 Å². The van der Waals surface area contributed by atoms with Gasteiger partial charge in [-0.3, -0.25) is 0 Å². The number of aromatic nitrogens is 3. The Balaban J connectivity index is 1.91. The van der Waals surface area contributed by atoms with Crippen molar-refractivity contribution in [2.24, 2.45) is 0 Å². The summed E-state index contributed by atoms with van der Waals surface area (Å²) in [6.45, 7) is 0.855. The average Bonchev–Trinajstić information content (AvgIpc) is 2.37. The molecule has 0 aliphatic carbocycles. The Bertz CT molecular complexity index is 373. The lowest BCUT2D eigenvalue weighted by molar-refractivity contribution is 0.379. The van der Waals surface area contributed by atoms with Gasteiger partial charge in [-0.25, -0.2) is 0 Å². The van der Waals surface area contributed by atoms with Crippen molar-refractivity contribution in [3.8, 4) is 6.01 Å². The largest absolute Gasteiger partial charge is 0.467 e. The Hall–Kier alpha value is -0.750. The van der Waals surface area contributed by atoms with Crippen molar-refractivity contribution in [2.45, 2.75) is 24.5 Å². The van der Waals surface area contributed by atoms with E-state index in [1.807, 2.05) is 11.8 Å². The van der Waals surface area contributed by atoms with Crippen LogP contribution >= 0.6 is 23.4 Å². The van der Waals surface area contributed by atoms with E-state index in [0.717, 1.165) is 6.54 Å². The second-order valence-electron chi connectivity index (χ2n) is 3.78. The van der Waals surface area contributed by atoms with Crippen LogP contribution in [0.5, 0.6) is 6.01 Å². The van der Waals surface area contributed by atoms with Crippen LogP contribution in [0.1, 0.15) is 19.3 Å². The Morgan fingerprint density at radius 3 is 3.00 bits per heavy atom. The van der Waals surface area contributed by atoms with E-state index in [4.69, 9.17) is 16.3 Å². The second kappa shape index (κ2) is 6.26. The van der Waals surface area contributed by atoms with Gasteiger partial charge in [-0.2, -0.15) is 26.7 Å². The molecule has 0 aromatic carbocycles. The molecule has 1 fully saturated rings. The van der Waals surface area contributed by atoms with Crippen LogP contribution in [-0.2, 0) is 0 Å². The summed E-state index contributed by atoms with van der Waals surface area (Å²) in [6, 6.07) is 0.240. The quantitative estimate of drug-likeness (QED) is 0.909. The number of hydrogen-bond acceptors (Lipinski definition) is 6. The smallest absolute Gasteiger partial charge is 0.322 e. The van der Waals surface area contributed by atoms with E-state index < -0.39 is 0 Å². The molecule has 2 rings (SSSR count). The van der Waals surface area contributed by atoms with E-state index in [-0.39, 0.29) is 11.3 Å². The predicted molar refractivity (Wildman–Crippen MR) is 70.0 cm³/mol. The zero-order valence-corrected chi connectivity index (χ0v) is 11.2. The number of methoxy groups -OCH3 is 1. The standard InChI is InChI=1S/C10H15ClN4OS/c1-16-10-14-8(11)13-9(15-10)12-6-7-4-2-3-5-17-7/h7H,2-6H2,1H3,(H,12,13,14,15). The highest BCUT2D eigenvalue weighted by atomic mass is 35.5. The summed E-state index contributed by atoms with van der Waals surface area (Å²) in [5.74, 6) is 1.72. The van der Waals surface area contributed by atoms with Crippen molar-refractivity contribution in [3.05, 3.63) is 5.28 Å². The van der Waals surface area contributed by atoms with Gasteiger partial charge in [0.25, 0.3) is 0 Å². The Labute approximate surface area is 110 Å². The molecule has 2 heterocycles. The van der Waals surface area contributed by atoms with Gasteiger partial charge in [0.1, 0.15) is 0 Å². The van der Waals surface area contributed by atoms with Crippen LogP contribution in [0, 0.1) is 0 Å². The van der Waals surface area contributed by atoms with Gasteiger partial charge in [0.15, 0.2) is 0 Å². The lowest BCUT2D eigenvalue weighted by Crippen LogP contribution is -2.21. The molecule has 1 unspecified atom stereocenters. The Kier molecular flexibility index (Phi) is 4.67. The first-order valence-electron chi connectivity index (χ1n) is 5.59. The maximum absolute atomic E-state index is 5.76. The van der Waals surface area contributed by atoms with Crippen LogP contribution in [-0.4, -0.2) is 39.6 Å². The van der Waals surface area contributed by atoms with Crippen LogP contribution in [0.2, 0.25) is 5.28 Å². The van der Waals surface area contributed by atoms with Gasteiger partial charge in [-0.15, -0.1) is 0 Å². The SMILES string of the molecule is COc1nc(Cl)nc(NCC2CCCCS2)n1. The molecule has 1 N–H and O–H groups in total. The van der Waals surface area contributed by atoms with Crippen molar-refractivity contribution >= 4 is 29.3 Å². The molecular formula is C10H15ClN4OS. The maximum atomic E-state index is 5.76. The molecule has 1 aromatic heterocycles. The topological polar surface area (TPSA) is 59.9 Å². The molecule has 17 heavy (non-hydrogen) atoms. The monoisotopic (exact) mass is 274 g/mol. The predicted octanol–water partition coefficient (Wildman–Crippen LogP) is 2.23. The highest BCUT2D eigenvalue weighted by Gasteiger charge is 2.14. The molecule has 1 aromatic rings. The third-order valence-electron chi connectivity index (χ3n) is 2.53. The molecule has 7 heteroatoms. The number of anilines is 1. The molecule has 1 aliphatic heterocycles. The highest BCUT2D eigenvalue weighted by Crippen LogP contribution is 2.25. The zero-order chi connectivity index (χ0) is 12.1. The molecule has 5 nitrogen and oxygen atoms in total. The fourth-order valence-corrected chi connectivity index (χ4v) is 3.07. The fourth-order valence-electron chi connectivity index (χ4n) is 1.68. The molecule has 0 amide bonds. The average molecular weight is 275 g/mol. The summed E-state index contributed by atoms with van der Waals surface area (Å²) in [5.41, 5.74) is 0. The van der Waals surface area contributed by atoms with E-state index in [9.17, 15) is 0 Å². The Morgan fingerprint density at radius 1 is 1.41 bits per heavy atom. The number of rotatable bonds is 4. The molecule has 94 valence electrons. The van der Waals surface area contributed by atoms with Crippen molar-refractivity contribution in [1.29, 1.82) is 0 Å². The van der Waals surface area contributed by atoms with E-state index in [1.165, 1.54) is 32.1 Å². The van der Waals surface area contributed by atoms with Gasteiger partial charge in [0.05, 0.1) is 7.11 Å². The highest BCUT2D eigenvalue weighted by molar-refractivity contribution is 7.99. The van der Waals surface area contributed by atoms with Gasteiger partial charge in [-0.05, 0) is 30.2 Å². The van der Waals surface area contributed by atoms with E-state index >= 15 is 0 Å². The molecule has 1 atom stereocenters. The third kappa shape index (κ3) is 3.89. The van der Waals surface area contributed by atoms with Crippen molar-refractivity contribution in [2.75, 3.05) is 24.7 Å². The lowest BCUT2D eigenvalue weighted by atomic mass is 10.2. The molecule has 0 spiro atoms.